The third-order valence-electron chi connectivity index (χ3n) is 4.73. The van der Waals surface area contributed by atoms with E-state index in [1.165, 1.54) is 21.9 Å². The molecule has 0 radical (unpaired) electrons. The van der Waals surface area contributed by atoms with Crippen LogP contribution in [0.15, 0.2) is 36.4 Å². The molecule has 2 heteroatoms. The van der Waals surface area contributed by atoms with Gasteiger partial charge in [-0.15, -0.1) is 0 Å². The SMILES string of the molecule is Cc1ccc2cc(C(N)C3CCC(N)CC3)ccc2c1. The van der Waals surface area contributed by atoms with Crippen LogP contribution in [0.3, 0.4) is 0 Å². The van der Waals surface area contributed by atoms with Crippen LogP contribution in [0.4, 0.5) is 0 Å². The van der Waals surface area contributed by atoms with E-state index in [0.29, 0.717) is 12.0 Å². The maximum atomic E-state index is 6.50. The third kappa shape index (κ3) is 2.72. The number of hydrogen-bond acceptors (Lipinski definition) is 2. The zero-order chi connectivity index (χ0) is 14.1. The van der Waals surface area contributed by atoms with E-state index in [1.54, 1.807) is 0 Å². The second-order valence-corrected chi connectivity index (χ2v) is 6.31. The minimum Gasteiger partial charge on any atom is -0.328 e. The van der Waals surface area contributed by atoms with E-state index < -0.39 is 0 Å². The standard InChI is InChI=1S/C18H24N2/c1-12-2-3-15-11-16(5-4-14(15)10-12)18(20)13-6-8-17(19)9-7-13/h2-5,10-11,13,17-18H,6-9,19-20H2,1H3. The summed E-state index contributed by atoms with van der Waals surface area (Å²) >= 11 is 0. The van der Waals surface area contributed by atoms with Crippen LogP contribution in [0.1, 0.15) is 42.9 Å². The summed E-state index contributed by atoms with van der Waals surface area (Å²) in [6.45, 7) is 2.13. The van der Waals surface area contributed by atoms with Gasteiger partial charge in [0.15, 0.2) is 0 Å². The smallest absolute Gasteiger partial charge is 0.0323 e. The summed E-state index contributed by atoms with van der Waals surface area (Å²) in [6.07, 6.45) is 4.55. The van der Waals surface area contributed by atoms with Crippen LogP contribution in [0.2, 0.25) is 0 Å². The van der Waals surface area contributed by atoms with E-state index in [1.807, 2.05) is 0 Å². The molecule has 4 N–H and O–H groups in total. The molecule has 1 fully saturated rings. The molecule has 0 aliphatic heterocycles. The number of fused-ring (bicyclic) bond motifs is 1. The lowest BCUT2D eigenvalue weighted by Gasteiger charge is -2.30. The van der Waals surface area contributed by atoms with Gasteiger partial charge in [0.2, 0.25) is 0 Å². The molecular weight excluding hydrogens is 244 g/mol. The van der Waals surface area contributed by atoms with Crippen LogP contribution < -0.4 is 11.5 Å². The molecule has 0 aromatic heterocycles. The highest BCUT2D eigenvalue weighted by Gasteiger charge is 2.24. The zero-order valence-electron chi connectivity index (χ0n) is 12.2. The van der Waals surface area contributed by atoms with Gasteiger partial charge in [0.05, 0.1) is 0 Å². The Morgan fingerprint density at radius 1 is 0.950 bits per heavy atom. The first-order valence-corrected chi connectivity index (χ1v) is 7.65. The Kier molecular flexibility index (Phi) is 3.77. The molecule has 2 aromatic carbocycles. The minimum absolute atomic E-state index is 0.146. The first kappa shape index (κ1) is 13.6. The fourth-order valence-corrected chi connectivity index (χ4v) is 3.37. The van der Waals surface area contributed by atoms with Crippen molar-refractivity contribution in [3.05, 3.63) is 47.5 Å². The largest absolute Gasteiger partial charge is 0.328 e. The molecule has 0 bridgehead atoms. The molecule has 2 aromatic rings. The first-order valence-electron chi connectivity index (χ1n) is 7.65. The predicted octanol–water partition coefficient (Wildman–Crippen LogP) is 3.67. The summed E-state index contributed by atoms with van der Waals surface area (Å²) in [4.78, 5) is 0. The molecule has 0 heterocycles. The normalized spacial score (nSPS) is 24.8. The van der Waals surface area contributed by atoms with Crippen molar-refractivity contribution in [3.63, 3.8) is 0 Å². The van der Waals surface area contributed by atoms with Crippen molar-refractivity contribution < 1.29 is 0 Å². The fraction of sp³-hybridized carbons (Fsp3) is 0.444. The van der Waals surface area contributed by atoms with Crippen molar-refractivity contribution in [1.82, 2.24) is 0 Å². The van der Waals surface area contributed by atoms with Crippen LogP contribution >= 0.6 is 0 Å². The summed E-state index contributed by atoms with van der Waals surface area (Å²) < 4.78 is 0. The highest BCUT2D eigenvalue weighted by molar-refractivity contribution is 5.83. The molecule has 106 valence electrons. The van der Waals surface area contributed by atoms with Gasteiger partial charge >= 0.3 is 0 Å². The van der Waals surface area contributed by atoms with E-state index in [9.17, 15) is 0 Å². The van der Waals surface area contributed by atoms with Crippen LogP contribution in [0.25, 0.3) is 10.8 Å². The third-order valence-corrected chi connectivity index (χ3v) is 4.73. The van der Waals surface area contributed by atoms with E-state index in [-0.39, 0.29) is 6.04 Å². The van der Waals surface area contributed by atoms with Crippen molar-refractivity contribution in [2.75, 3.05) is 0 Å². The molecule has 3 rings (SSSR count). The van der Waals surface area contributed by atoms with Crippen molar-refractivity contribution in [2.24, 2.45) is 17.4 Å². The number of benzene rings is 2. The summed E-state index contributed by atoms with van der Waals surface area (Å²) in [7, 11) is 0. The lowest BCUT2D eigenvalue weighted by atomic mass is 9.79. The van der Waals surface area contributed by atoms with E-state index in [2.05, 4.69) is 43.3 Å². The molecule has 1 unspecified atom stereocenters. The second-order valence-electron chi connectivity index (χ2n) is 6.31. The van der Waals surface area contributed by atoms with Crippen LogP contribution in [0.5, 0.6) is 0 Å². The quantitative estimate of drug-likeness (QED) is 0.873. The van der Waals surface area contributed by atoms with Gasteiger partial charge in [-0.05, 0) is 60.9 Å². The van der Waals surface area contributed by atoms with E-state index in [4.69, 9.17) is 11.5 Å². The molecule has 0 saturated heterocycles. The predicted molar refractivity (Wildman–Crippen MR) is 85.5 cm³/mol. The summed E-state index contributed by atoms with van der Waals surface area (Å²) in [5.74, 6) is 0.581. The lowest BCUT2D eigenvalue weighted by molar-refractivity contribution is 0.285. The number of aryl methyl sites for hydroxylation is 1. The average Bonchev–Trinajstić information content (AvgIpc) is 2.47. The maximum Gasteiger partial charge on any atom is 0.0323 e. The van der Waals surface area contributed by atoms with E-state index >= 15 is 0 Å². The molecule has 1 saturated carbocycles. The van der Waals surface area contributed by atoms with Gasteiger partial charge in [-0.3, -0.25) is 0 Å². The molecule has 0 amide bonds. The molecular formula is C18H24N2. The Morgan fingerprint density at radius 3 is 2.35 bits per heavy atom. The van der Waals surface area contributed by atoms with Crippen LogP contribution in [0, 0.1) is 12.8 Å². The van der Waals surface area contributed by atoms with Gasteiger partial charge < -0.3 is 11.5 Å². The molecule has 1 aliphatic carbocycles. The Morgan fingerprint density at radius 2 is 1.60 bits per heavy atom. The average molecular weight is 268 g/mol. The monoisotopic (exact) mass is 268 g/mol. The second kappa shape index (κ2) is 5.55. The Labute approximate surface area is 121 Å². The van der Waals surface area contributed by atoms with Gasteiger partial charge in [-0.1, -0.05) is 35.9 Å². The lowest BCUT2D eigenvalue weighted by Crippen LogP contribution is -2.31. The summed E-state index contributed by atoms with van der Waals surface area (Å²) in [6, 6.07) is 13.8. The number of nitrogens with two attached hydrogens (primary N) is 2. The number of rotatable bonds is 2. The molecule has 1 aliphatic rings. The van der Waals surface area contributed by atoms with Crippen molar-refractivity contribution in [2.45, 2.75) is 44.7 Å². The van der Waals surface area contributed by atoms with Crippen molar-refractivity contribution in [1.29, 1.82) is 0 Å². The Hall–Kier alpha value is -1.38. The van der Waals surface area contributed by atoms with E-state index in [0.717, 1.165) is 25.7 Å². The van der Waals surface area contributed by atoms with Crippen LogP contribution in [-0.2, 0) is 0 Å². The topological polar surface area (TPSA) is 52.0 Å². The molecule has 20 heavy (non-hydrogen) atoms. The molecule has 1 atom stereocenters. The minimum atomic E-state index is 0.146. The number of hydrogen-bond donors (Lipinski definition) is 2. The van der Waals surface area contributed by atoms with Gasteiger partial charge in [0.1, 0.15) is 0 Å². The maximum absolute atomic E-state index is 6.50. The van der Waals surface area contributed by atoms with Gasteiger partial charge in [-0.2, -0.15) is 0 Å². The Balaban J connectivity index is 1.84. The van der Waals surface area contributed by atoms with Gasteiger partial charge in [0, 0.05) is 12.1 Å². The van der Waals surface area contributed by atoms with Crippen LogP contribution in [-0.4, -0.2) is 6.04 Å². The van der Waals surface area contributed by atoms with Crippen molar-refractivity contribution >= 4 is 10.8 Å². The fourth-order valence-electron chi connectivity index (χ4n) is 3.37. The Bertz CT molecular complexity index is 597. The highest BCUT2D eigenvalue weighted by Crippen LogP contribution is 2.33. The molecule has 0 spiro atoms. The zero-order valence-corrected chi connectivity index (χ0v) is 12.2. The first-order chi connectivity index (χ1) is 9.63. The van der Waals surface area contributed by atoms with Gasteiger partial charge in [-0.25, -0.2) is 0 Å². The van der Waals surface area contributed by atoms with Gasteiger partial charge in [0.25, 0.3) is 0 Å². The summed E-state index contributed by atoms with van der Waals surface area (Å²) in [5, 5.41) is 2.59. The highest BCUT2D eigenvalue weighted by atomic mass is 14.7. The summed E-state index contributed by atoms with van der Waals surface area (Å²) in [5.41, 5.74) is 15.0. The van der Waals surface area contributed by atoms with Crippen molar-refractivity contribution in [3.8, 4) is 0 Å². The molecule has 2 nitrogen and oxygen atoms in total.